The third-order valence-corrected chi connectivity index (χ3v) is 4.14. The zero-order chi connectivity index (χ0) is 15.0. The molecule has 3 rings (SSSR count). The van der Waals surface area contributed by atoms with E-state index in [9.17, 15) is 13.2 Å². The van der Waals surface area contributed by atoms with Crippen LogP contribution < -0.4 is 5.32 Å². The maximum atomic E-state index is 13.0. The van der Waals surface area contributed by atoms with Gasteiger partial charge in [-0.25, -0.2) is 0 Å². The first-order valence-corrected chi connectivity index (χ1v) is 7.42. The molecule has 1 aliphatic carbocycles. The van der Waals surface area contributed by atoms with Gasteiger partial charge in [0.25, 0.3) is 0 Å². The van der Waals surface area contributed by atoms with E-state index in [2.05, 4.69) is 21.2 Å². The summed E-state index contributed by atoms with van der Waals surface area (Å²) in [6.45, 7) is 0. The summed E-state index contributed by atoms with van der Waals surface area (Å²) in [4.78, 5) is 0. The molecule has 2 aromatic rings. The minimum absolute atomic E-state index is 0.0581. The average Bonchev–Trinajstić information content (AvgIpc) is 3.17. The molecule has 0 aromatic heterocycles. The third kappa shape index (κ3) is 3.23. The second kappa shape index (κ2) is 5.37. The van der Waals surface area contributed by atoms with Crippen LogP contribution in [0.2, 0.25) is 0 Å². The van der Waals surface area contributed by atoms with Crippen LogP contribution in [0.4, 0.5) is 18.9 Å². The van der Waals surface area contributed by atoms with Crippen LogP contribution in [-0.4, -0.2) is 6.04 Å². The van der Waals surface area contributed by atoms with Gasteiger partial charge in [-0.1, -0.05) is 46.3 Å². The number of anilines is 1. The maximum Gasteiger partial charge on any atom is 0.418 e. The highest BCUT2D eigenvalue weighted by Gasteiger charge is 2.40. The Morgan fingerprint density at radius 3 is 2.43 bits per heavy atom. The molecule has 2 atom stereocenters. The summed E-state index contributed by atoms with van der Waals surface area (Å²) >= 11 is 3.23. The molecule has 0 radical (unpaired) electrons. The quantitative estimate of drug-likeness (QED) is 0.773. The smallest absolute Gasteiger partial charge is 0.381 e. The van der Waals surface area contributed by atoms with Gasteiger partial charge < -0.3 is 5.32 Å². The van der Waals surface area contributed by atoms with Crippen molar-refractivity contribution in [3.8, 4) is 0 Å². The Balaban J connectivity index is 1.79. The third-order valence-electron chi connectivity index (χ3n) is 3.65. The zero-order valence-electron chi connectivity index (χ0n) is 11.0. The first-order valence-electron chi connectivity index (χ1n) is 6.63. The molecule has 0 aliphatic heterocycles. The van der Waals surface area contributed by atoms with Crippen LogP contribution in [0.3, 0.4) is 0 Å². The Kier molecular flexibility index (Phi) is 3.69. The summed E-state index contributed by atoms with van der Waals surface area (Å²) in [6.07, 6.45) is -3.49. The Labute approximate surface area is 129 Å². The summed E-state index contributed by atoms with van der Waals surface area (Å²) < 4.78 is 39.7. The molecule has 0 spiro atoms. The molecule has 2 unspecified atom stereocenters. The van der Waals surface area contributed by atoms with Crippen LogP contribution in [0.15, 0.2) is 53.0 Å². The van der Waals surface area contributed by atoms with Crippen molar-refractivity contribution in [2.45, 2.75) is 24.6 Å². The molecule has 1 nitrogen and oxygen atoms in total. The molecule has 0 amide bonds. The van der Waals surface area contributed by atoms with Crippen molar-refractivity contribution in [2.24, 2.45) is 0 Å². The number of hydrogen-bond acceptors (Lipinski definition) is 1. The predicted octanol–water partition coefficient (Wildman–Crippen LogP) is 5.44. The van der Waals surface area contributed by atoms with E-state index < -0.39 is 11.7 Å². The summed E-state index contributed by atoms with van der Waals surface area (Å²) in [5, 5.41) is 3.03. The van der Waals surface area contributed by atoms with Gasteiger partial charge >= 0.3 is 6.18 Å². The average molecular weight is 356 g/mol. The summed E-state index contributed by atoms with van der Waals surface area (Å²) in [7, 11) is 0. The van der Waals surface area contributed by atoms with Gasteiger partial charge in [0.15, 0.2) is 0 Å². The van der Waals surface area contributed by atoms with Crippen molar-refractivity contribution in [3.63, 3.8) is 0 Å². The first kappa shape index (κ1) is 14.4. The van der Waals surface area contributed by atoms with Gasteiger partial charge in [0.05, 0.1) is 5.56 Å². The van der Waals surface area contributed by atoms with Gasteiger partial charge in [0.1, 0.15) is 0 Å². The lowest BCUT2D eigenvalue weighted by molar-refractivity contribution is -0.137. The lowest BCUT2D eigenvalue weighted by Crippen LogP contribution is -2.12. The fourth-order valence-electron chi connectivity index (χ4n) is 2.51. The Morgan fingerprint density at radius 2 is 1.76 bits per heavy atom. The van der Waals surface area contributed by atoms with Gasteiger partial charge in [-0.3, -0.25) is 0 Å². The van der Waals surface area contributed by atoms with Crippen molar-refractivity contribution in [1.82, 2.24) is 0 Å². The topological polar surface area (TPSA) is 12.0 Å². The fraction of sp³-hybridized carbons (Fsp3) is 0.250. The van der Waals surface area contributed by atoms with Crippen molar-refractivity contribution < 1.29 is 13.2 Å². The molecule has 1 saturated carbocycles. The molecule has 2 aromatic carbocycles. The maximum absolute atomic E-state index is 13.0. The van der Waals surface area contributed by atoms with Crippen molar-refractivity contribution in [3.05, 3.63) is 64.1 Å². The molecular weight excluding hydrogens is 343 g/mol. The highest BCUT2D eigenvalue weighted by atomic mass is 79.9. The second-order valence-corrected chi connectivity index (χ2v) is 6.11. The fourth-order valence-corrected chi connectivity index (χ4v) is 2.87. The van der Waals surface area contributed by atoms with E-state index >= 15 is 0 Å². The van der Waals surface area contributed by atoms with E-state index in [0.717, 1.165) is 12.5 Å². The lowest BCUT2D eigenvalue weighted by atomic mass is 10.1. The SMILES string of the molecule is FC(F)(F)c1ccc(Br)cc1NC1CC1c1ccccc1. The minimum Gasteiger partial charge on any atom is -0.381 e. The highest BCUT2D eigenvalue weighted by molar-refractivity contribution is 9.10. The molecule has 1 aliphatic rings. The van der Waals surface area contributed by atoms with E-state index in [-0.39, 0.29) is 17.6 Å². The molecule has 1 fully saturated rings. The second-order valence-electron chi connectivity index (χ2n) is 5.19. The Bertz CT molecular complexity index is 640. The predicted molar refractivity (Wildman–Crippen MR) is 80.4 cm³/mol. The van der Waals surface area contributed by atoms with Crippen LogP contribution in [-0.2, 0) is 6.18 Å². The van der Waals surface area contributed by atoms with Gasteiger partial charge in [0.2, 0.25) is 0 Å². The van der Waals surface area contributed by atoms with E-state index in [0.29, 0.717) is 4.47 Å². The van der Waals surface area contributed by atoms with Crippen LogP contribution in [0.1, 0.15) is 23.5 Å². The first-order chi connectivity index (χ1) is 9.95. The van der Waals surface area contributed by atoms with Crippen LogP contribution in [0.5, 0.6) is 0 Å². The van der Waals surface area contributed by atoms with Crippen molar-refractivity contribution >= 4 is 21.6 Å². The summed E-state index contributed by atoms with van der Waals surface area (Å²) in [6, 6.07) is 13.9. The molecule has 1 N–H and O–H groups in total. The number of alkyl halides is 3. The minimum atomic E-state index is -4.35. The standard InChI is InChI=1S/C16H13BrF3N/c17-11-6-7-13(16(18,19)20)15(8-11)21-14-9-12(14)10-4-2-1-3-5-10/h1-8,12,14,21H,9H2. The molecule has 5 heteroatoms. The number of rotatable bonds is 3. The Morgan fingerprint density at radius 1 is 1.05 bits per heavy atom. The molecule has 0 saturated heterocycles. The van der Waals surface area contributed by atoms with E-state index in [4.69, 9.17) is 0 Å². The van der Waals surface area contributed by atoms with Gasteiger partial charge in [-0.05, 0) is 30.2 Å². The van der Waals surface area contributed by atoms with Gasteiger partial charge in [-0.2, -0.15) is 13.2 Å². The van der Waals surface area contributed by atoms with Crippen molar-refractivity contribution in [2.75, 3.05) is 5.32 Å². The molecule has 110 valence electrons. The molecule has 0 heterocycles. The zero-order valence-corrected chi connectivity index (χ0v) is 12.6. The summed E-state index contributed by atoms with van der Waals surface area (Å²) in [5.41, 5.74) is 0.684. The number of halogens is 4. The van der Waals surface area contributed by atoms with Crippen LogP contribution in [0, 0.1) is 0 Å². The van der Waals surface area contributed by atoms with Crippen LogP contribution in [0.25, 0.3) is 0 Å². The number of hydrogen-bond donors (Lipinski definition) is 1. The van der Waals surface area contributed by atoms with Gasteiger partial charge in [-0.15, -0.1) is 0 Å². The van der Waals surface area contributed by atoms with E-state index in [1.54, 1.807) is 0 Å². The van der Waals surface area contributed by atoms with E-state index in [1.165, 1.54) is 17.7 Å². The lowest BCUT2D eigenvalue weighted by Gasteiger charge is -2.15. The molecule has 21 heavy (non-hydrogen) atoms. The highest BCUT2D eigenvalue weighted by Crippen LogP contribution is 2.45. The Hall–Kier alpha value is -1.49. The number of nitrogens with one attached hydrogen (secondary N) is 1. The number of benzene rings is 2. The normalized spacial score (nSPS) is 21.1. The van der Waals surface area contributed by atoms with E-state index in [1.807, 2.05) is 30.3 Å². The molecular formula is C16H13BrF3N. The largest absolute Gasteiger partial charge is 0.418 e. The molecule has 0 bridgehead atoms. The summed E-state index contributed by atoms with van der Waals surface area (Å²) in [5.74, 6) is 0.284. The van der Waals surface area contributed by atoms with Crippen LogP contribution >= 0.6 is 15.9 Å². The van der Waals surface area contributed by atoms with Crippen molar-refractivity contribution in [1.29, 1.82) is 0 Å². The van der Waals surface area contributed by atoms with Gasteiger partial charge in [0, 0.05) is 22.1 Å². The monoisotopic (exact) mass is 355 g/mol.